The molecule has 0 amide bonds. The van der Waals surface area contributed by atoms with E-state index >= 15 is 0 Å². The number of rotatable bonds is 2. The molecule has 88 valence electrons. The summed E-state index contributed by atoms with van der Waals surface area (Å²) in [5, 5.41) is 5.14. The predicted octanol–water partition coefficient (Wildman–Crippen LogP) is 1.08. The first-order valence-corrected chi connectivity index (χ1v) is 6.11. The third kappa shape index (κ3) is 2.52. The van der Waals surface area contributed by atoms with Crippen molar-refractivity contribution >= 4 is 27.6 Å². The number of hydrogen-bond donors (Lipinski definition) is 1. The first-order valence-electron chi connectivity index (χ1n) is 4.18. The lowest BCUT2D eigenvalue weighted by Gasteiger charge is -2.08. The van der Waals surface area contributed by atoms with Crippen LogP contribution in [-0.2, 0) is 14.8 Å². The van der Waals surface area contributed by atoms with E-state index in [1.54, 1.807) is 0 Å². The van der Waals surface area contributed by atoms with Gasteiger partial charge in [-0.05, 0) is 24.6 Å². The SMILES string of the molecule is COC(=O)c1cc(Cl)c(C)c(S(N)(=O)=O)c1. The van der Waals surface area contributed by atoms with E-state index < -0.39 is 16.0 Å². The van der Waals surface area contributed by atoms with Crippen LogP contribution in [0.3, 0.4) is 0 Å². The van der Waals surface area contributed by atoms with Crippen molar-refractivity contribution in [2.75, 3.05) is 7.11 Å². The van der Waals surface area contributed by atoms with Gasteiger partial charge in [0.15, 0.2) is 0 Å². The number of carbonyl (C=O) groups excluding carboxylic acids is 1. The second-order valence-electron chi connectivity index (χ2n) is 3.12. The molecule has 0 aromatic heterocycles. The number of primary sulfonamides is 1. The molecule has 0 saturated heterocycles. The van der Waals surface area contributed by atoms with Crippen LogP contribution in [0.4, 0.5) is 0 Å². The molecule has 1 rings (SSSR count). The van der Waals surface area contributed by atoms with Crippen LogP contribution in [0.5, 0.6) is 0 Å². The second kappa shape index (κ2) is 4.40. The van der Waals surface area contributed by atoms with E-state index in [1.165, 1.54) is 20.1 Å². The summed E-state index contributed by atoms with van der Waals surface area (Å²) in [5.41, 5.74) is 0.346. The minimum Gasteiger partial charge on any atom is -0.465 e. The summed E-state index contributed by atoms with van der Waals surface area (Å²) >= 11 is 5.80. The Morgan fingerprint density at radius 1 is 1.44 bits per heavy atom. The minimum absolute atomic E-state index is 0.0436. The number of benzene rings is 1. The molecule has 0 aliphatic heterocycles. The van der Waals surface area contributed by atoms with E-state index in [9.17, 15) is 13.2 Å². The number of methoxy groups -OCH3 is 1. The van der Waals surface area contributed by atoms with Crippen molar-refractivity contribution in [2.24, 2.45) is 5.14 Å². The highest BCUT2D eigenvalue weighted by atomic mass is 35.5. The van der Waals surface area contributed by atoms with Gasteiger partial charge in [-0.25, -0.2) is 18.4 Å². The lowest BCUT2D eigenvalue weighted by atomic mass is 10.1. The van der Waals surface area contributed by atoms with Crippen LogP contribution in [0.2, 0.25) is 5.02 Å². The lowest BCUT2D eigenvalue weighted by Crippen LogP contribution is -2.15. The molecule has 2 N–H and O–H groups in total. The van der Waals surface area contributed by atoms with E-state index in [0.717, 1.165) is 6.07 Å². The van der Waals surface area contributed by atoms with Gasteiger partial charge < -0.3 is 4.74 Å². The normalized spacial score (nSPS) is 11.2. The Morgan fingerprint density at radius 2 is 2.00 bits per heavy atom. The smallest absolute Gasteiger partial charge is 0.337 e. The predicted molar refractivity (Wildman–Crippen MR) is 58.9 cm³/mol. The number of carbonyl (C=O) groups is 1. The molecular weight excluding hydrogens is 254 g/mol. The Hall–Kier alpha value is -1.11. The Kier molecular flexibility index (Phi) is 3.57. The van der Waals surface area contributed by atoms with Crippen molar-refractivity contribution in [3.8, 4) is 0 Å². The fraction of sp³-hybridized carbons (Fsp3) is 0.222. The molecule has 0 aliphatic rings. The van der Waals surface area contributed by atoms with Gasteiger partial charge in [-0.2, -0.15) is 0 Å². The number of sulfonamides is 1. The van der Waals surface area contributed by atoms with Gasteiger partial charge in [0.1, 0.15) is 0 Å². The largest absolute Gasteiger partial charge is 0.465 e. The monoisotopic (exact) mass is 263 g/mol. The molecule has 0 saturated carbocycles. The average Bonchev–Trinajstić information content (AvgIpc) is 2.18. The van der Waals surface area contributed by atoms with Gasteiger partial charge in [-0.1, -0.05) is 11.6 Å². The summed E-state index contributed by atoms with van der Waals surface area (Å²) in [6.45, 7) is 1.50. The van der Waals surface area contributed by atoms with Crippen LogP contribution in [0.1, 0.15) is 15.9 Å². The van der Waals surface area contributed by atoms with Crippen molar-refractivity contribution in [3.63, 3.8) is 0 Å². The number of nitrogens with two attached hydrogens (primary N) is 1. The second-order valence-corrected chi connectivity index (χ2v) is 5.05. The van der Waals surface area contributed by atoms with Crippen molar-refractivity contribution in [1.82, 2.24) is 0 Å². The maximum absolute atomic E-state index is 11.2. The molecule has 16 heavy (non-hydrogen) atoms. The molecule has 7 heteroatoms. The molecule has 1 aromatic rings. The minimum atomic E-state index is -3.91. The Labute approximate surface area is 98.2 Å². The Bertz CT molecular complexity index is 539. The molecule has 0 atom stereocenters. The Balaban J connectivity index is 3.52. The number of ether oxygens (including phenoxy) is 1. The Morgan fingerprint density at radius 3 is 2.44 bits per heavy atom. The fourth-order valence-corrected chi connectivity index (χ4v) is 2.29. The molecule has 0 heterocycles. The highest BCUT2D eigenvalue weighted by Gasteiger charge is 2.18. The van der Waals surface area contributed by atoms with Crippen LogP contribution in [0.15, 0.2) is 17.0 Å². The van der Waals surface area contributed by atoms with Gasteiger partial charge in [0, 0.05) is 5.02 Å². The molecule has 0 unspecified atom stereocenters. The average molecular weight is 264 g/mol. The van der Waals surface area contributed by atoms with Gasteiger partial charge in [0.2, 0.25) is 10.0 Å². The maximum atomic E-state index is 11.2. The van der Waals surface area contributed by atoms with Crippen molar-refractivity contribution in [2.45, 2.75) is 11.8 Å². The van der Waals surface area contributed by atoms with Gasteiger partial charge in [0.25, 0.3) is 0 Å². The molecule has 0 aliphatic carbocycles. The summed E-state index contributed by atoms with van der Waals surface area (Å²) in [7, 11) is -2.73. The van der Waals surface area contributed by atoms with Gasteiger partial charge in [0.05, 0.1) is 17.6 Å². The first kappa shape index (κ1) is 13.0. The summed E-state index contributed by atoms with van der Waals surface area (Å²) in [6, 6.07) is 2.47. The molecule has 1 aromatic carbocycles. The zero-order valence-corrected chi connectivity index (χ0v) is 10.2. The van der Waals surface area contributed by atoms with Crippen molar-refractivity contribution in [3.05, 3.63) is 28.3 Å². The number of esters is 1. The van der Waals surface area contributed by atoms with Crippen LogP contribution in [-0.4, -0.2) is 21.5 Å². The molecule has 5 nitrogen and oxygen atoms in total. The van der Waals surface area contributed by atoms with E-state index in [1.807, 2.05) is 0 Å². The standard InChI is InChI=1S/C9H10ClNO4S/c1-5-7(10)3-6(9(12)15-2)4-8(5)16(11,13)14/h3-4H,1-2H3,(H2,11,13,14). The zero-order chi connectivity index (χ0) is 12.5. The highest BCUT2D eigenvalue weighted by molar-refractivity contribution is 7.89. The number of halogens is 1. The molecule has 0 fully saturated rings. The van der Waals surface area contributed by atoms with Crippen LogP contribution in [0.25, 0.3) is 0 Å². The molecule has 0 spiro atoms. The fourth-order valence-electron chi connectivity index (χ4n) is 1.18. The van der Waals surface area contributed by atoms with E-state index in [-0.39, 0.29) is 15.5 Å². The van der Waals surface area contributed by atoms with Gasteiger partial charge in [-0.3, -0.25) is 0 Å². The van der Waals surface area contributed by atoms with Crippen molar-refractivity contribution in [1.29, 1.82) is 0 Å². The third-order valence-corrected chi connectivity index (χ3v) is 3.45. The van der Waals surface area contributed by atoms with E-state index in [2.05, 4.69) is 4.74 Å². The van der Waals surface area contributed by atoms with Crippen LogP contribution >= 0.6 is 11.6 Å². The first-order chi connectivity index (χ1) is 7.27. The summed E-state index contributed by atoms with van der Waals surface area (Å²) < 4.78 is 26.9. The highest BCUT2D eigenvalue weighted by Crippen LogP contribution is 2.24. The van der Waals surface area contributed by atoms with Crippen LogP contribution < -0.4 is 5.14 Å². The molecule has 0 bridgehead atoms. The van der Waals surface area contributed by atoms with E-state index in [4.69, 9.17) is 16.7 Å². The van der Waals surface area contributed by atoms with Crippen molar-refractivity contribution < 1.29 is 17.9 Å². The molecular formula is C9H10ClNO4S. The quantitative estimate of drug-likeness (QED) is 0.809. The molecule has 0 radical (unpaired) electrons. The summed E-state index contributed by atoms with van der Waals surface area (Å²) in [4.78, 5) is 11.1. The maximum Gasteiger partial charge on any atom is 0.337 e. The zero-order valence-electron chi connectivity index (χ0n) is 8.65. The third-order valence-electron chi connectivity index (χ3n) is 2.02. The van der Waals surface area contributed by atoms with Gasteiger partial charge in [-0.15, -0.1) is 0 Å². The van der Waals surface area contributed by atoms with E-state index in [0.29, 0.717) is 5.56 Å². The summed E-state index contributed by atoms with van der Waals surface area (Å²) in [6.07, 6.45) is 0. The van der Waals surface area contributed by atoms with Crippen LogP contribution in [0, 0.1) is 6.92 Å². The topological polar surface area (TPSA) is 86.5 Å². The number of hydrogen-bond acceptors (Lipinski definition) is 4. The lowest BCUT2D eigenvalue weighted by molar-refractivity contribution is 0.0600. The summed E-state index contributed by atoms with van der Waals surface area (Å²) in [5.74, 6) is -0.674. The van der Waals surface area contributed by atoms with Gasteiger partial charge >= 0.3 is 5.97 Å².